The molecule has 0 bridgehead atoms. The Morgan fingerprint density at radius 3 is 2.36 bits per heavy atom. The maximum Gasteiger partial charge on any atom is 0.234 e. The molecule has 0 spiro atoms. The molecule has 4 rings (SSSR count). The molecule has 2 aromatic carbocycles. The van der Waals surface area contributed by atoms with Crippen LogP contribution in [0.25, 0.3) is 0 Å². The van der Waals surface area contributed by atoms with E-state index in [0.717, 1.165) is 5.56 Å². The second-order valence-corrected chi connectivity index (χ2v) is 9.11. The molecular weight excluding hydrogens is 423 g/mol. The van der Waals surface area contributed by atoms with Crippen molar-refractivity contribution >= 4 is 11.7 Å². The van der Waals surface area contributed by atoms with Crippen molar-refractivity contribution in [1.29, 1.82) is 0 Å². The topological polar surface area (TPSA) is 67.9 Å². The van der Waals surface area contributed by atoms with Gasteiger partial charge in [0.25, 0.3) is 0 Å². The molecular formula is C26H31FN2O4. The summed E-state index contributed by atoms with van der Waals surface area (Å²) in [6.07, 6.45) is 1.43. The number of fused-ring (bicyclic) bond motifs is 1. The minimum atomic E-state index is -0.291. The molecule has 0 aromatic heterocycles. The van der Waals surface area contributed by atoms with E-state index in [1.54, 1.807) is 30.3 Å². The first-order valence-electron chi connectivity index (χ1n) is 11.6. The van der Waals surface area contributed by atoms with Crippen LogP contribution in [0.1, 0.15) is 48.7 Å². The van der Waals surface area contributed by atoms with Crippen LogP contribution >= 0.6 is 0 Å². The highest BCUT2D eigenvalue weighted by molar-refractivity contribution is 5.98. The zero-order chi connectivity index (χ0) is 23.4. The molecule has 0 unspecified atom stereocenters. The highest BCUT2D eigenvalue weighted by Crippen LogP contribution is 2.32. The molecule has 0 saturated carbocycles. The summed E-state index contributed by atoms with van der Waals surface area (Å²) >= 11 is 0. The van der Waals surface area contributed by atoms with Crippen LogP contribution in [0.2, 0.25) is 0 Å². The Kier molecular flexibility index (Phi) is 7.28. The van der Waals surface area contributed by atoms with Gasteiger partial charge in [0, 0.05) is 11.5 Å². The minimum absolute atomic E-state index is 0.0605. The van der Waals surface area contributed by atoms with Crippen LogP contribution in [-0.4, -0.2) is 49.4 Å². The maximum absolute atomic E-state index is 13.3. The number of nitrogens with zero attached hydrogens (tertiary/aromatic N) is 1. The predicted molar refractivity (Wildman–Crippen MR) is 123 cm³/mol. The molecule has 2 aromatic rings. The fourth-order valence-electron chi connectivity index (χ4n) is 4.51. The number of hydrogen-bond donors (Lipinski definition) is 1. The summed E-state index contributed by atoms with van der Waals surface area (Å²) in [5.74, 6) is 1.19. The number of Topliss-reactive ketones (excluding diaryl/α,β-unsaturated/α-hetero) is 1. The first-order valence-corrected chi connectivity index (χ1v) is 11.6. The first kappa shape index (κ1) is 23.2. The number of benzene rings is 2. The summed E-state index contributed by atoms with van der Waals surface area (Å²) in [6, 6.07) is 11.5. The largest absolute Gasteiger partial charge is 0.486 e. The third-order valence-corrected chi connectivity index (χ3v) is 6.36. The monoisotopic (exact) mass is 454 g/mol. The average molecular weight is 455 g/mol. The summed E-state index contributed by atoms with van der Waals surface area (Å²) in [5, 5.41) is 3.09. The van der Waals surface area contributed by atoms with Crippen molar-refractivity contribution in [2.24, 2.45) is 11.8 Å². The molecule has 176 valence electrons. The number of carbonyl (C=O) groups excluding carboxylic acids is 2. The van der Waals surface area contributed by atoms with Crippen LogP contribution in [-0.2, 0) is 4.79 Å². The number of amides is 1. The van der Waals surface area contributed by atoms with Crippen LogP contribution in [0.15, 0.2) is 42.5 Å². The Bertz CT molecular complexity index is 984. The van der Waals surface area contributed by atoms with Crippen molar-refractivity contribution < 1.29 is 23.5 Å². The molecule has 1 saturated heterocycles. The molecule has 2 heterocycles. The fourth-order valence-corrected chi connectivity index (χ4v) is 4.51. The van der Waals surface area contributed by atoms with Gasteiger partial charge >= 0.3 is 0 Å². The van der Waals surface area contributed by atoms with Crippen molar-refractivity contribution in [2.75, 3.05) is 32.8 Å². The highest BCUT2D eigenvalue weighted by Gasteiger charge is 2.28. The van der Waals surface area contributed by atoms with Gasteiger partial charge in [-0.2, -0.15) is 0 Å². The van der Waals surface area contributed by atoms with Crippen LogP contribution in [0, 0.1) is 17.7 Å². The first-order chi connectivity index (χ1) is 15.9. The summed E-state index contributed by atoms with van der Waals surface area (Å²) in [5.41, 5.74) is 1.54. The van der Waals surface area contributed by atoms with Crippen LogP contribution in [0.5, 0.6) is 11.5 Å². The lowest BCUT2D eigenvalue weighted by atomic mass is 9.88. The molecule has 1 amide bonds. The molecule has 33 heavy (non-hydrogen) atoms. The van der Waals surface area contributed by atoms with E-state index in [1.165, 1.54) is 12.1 Å². The smallest absolute Gasteiger partial charge is 0.234 e. The third kappa shape index (κ3) is 5.71. The summed E-state index contributed by atoms with van der Waals surface area (Å²) < 4.78 is 24.4. The van der Waals surface area contributed by atoms with E-state index in [0.29, 0.717) is 56.2 Å². The Balaban J connectivity index is 1.29. The predicted octanol–water partition coefficient (Wildman–Crippen LogP) is 4.01. The summed E-state index contributed by atoms with van der Waals surface area (Å²) in [4.78, 5) is 27.8. The molecule has 0 aliphatic carbocycles. The summed E-state index contributed by atoms with van der Waals surface area (Å²) in [7, 11) is 0. The quantitative estimate of drug-likeness (QED) is 0.641. The fraction of sp³-hybridized carbons (Fsp3) is 0.462. The lowest BCUT2D eigenvalue weighted by Gasteiger charge is -2.32. The number of carbonyl (C=O) groups is 2. The van der Waals surface area contributed by atoms with E-state index in [9.17, 15) is 14.0 Å². The molecule has 1 atom stereocenters. The van der Waals surface area contributed by atoms with Gasteiger partial charge in [0.1, 0.15) is 19.0 Å². The SMILES string of the molecule is CC(C)[C@@H](NC(=O)CN1CCC(C(=O)c2ccc3c(c2)OCCO3)CC1)c1ccc(F)cc1. The second kappa shape index (κ2) is 10.3. The van der Waals surface area contributed by atoms with Crippen LogP contribution < -0.4 is 14.8 Å². The Labute approximate surface area is 194 Å². The Morgan fingerprint density at radius 2 is 1.70 bits per heavy atom. The van der Waals surface area contributed by atoms with Gasteiger partial charge < -0.3 is 14.8 Å². The van der Waals surface area contributed by atoms with Crippen molar-refractivity contribution in [3.63, 3.8) is 0 Å². The van der Waals surface area contributed by atoms with Crippen molar-refractivity contribution in [3.8, 4) is 11.5 Å². The van der Waals surface area contributed by atoms with E-state index >= 15 is 0 Å². The van der Waals surface area contributed by atoms with Crippen molar-refractivity contribution in [2.45, 2.75) is 32.7 Å². The van der Waals surface area contributed by atoms with E-state index in [1.807, 2.05) is 13.8 Å². The molecule has 0 radical (unpaired) electrons. The average Bonchev–Trinajstić information content (AvgIpc) is 2.83. The number of rotatable bonds is 7. The number of hydrogen-bond acceptors (Lipinski definition) is 5. The van der Waals surface area contributed by atoms with Crippen LogP contribution in [0.4, 0.5) is 4.39 Å². The third-order valence-electron chi connectivity index (χ3n) is 6.36. The molecule has 7 heteroatoms. The molecule has 1 N–H and O–H groups in total. The van der Waals surface area contributed by atoms with E-state index in [4.69, 9.17) is 9.47 Å². The lowest BCUT2D eigenvalue weighted by molar-refractivity contribution is -0.123. The van der Waals surface area contributed by atoms with Gasteiger partial charge in [-0.05, 0) is 67.7 Å². The van der Waals surface area contributed by atoms with Gasteiger partial charge in [0.15, 0.2) is 17.3 Å². The number of nitrogens with one attached hydrogen (secondary N) is 1. The van der Waals surface area contributed by atoms with Crippen molar-refractivity contribution in [3.05, 3.63) is 59.4 Å². The van der Waals surface area contributed by atoms with Gasteiger partial charge in [0.05, 0.1) is 12.6 Å². The van der Waals surface area contributed by atoms with Crippen LogP contribution in [0.3, 0.4) is 0 Å². The number of piperidine rings is 1. The molecule has 2 aliphatic rings. The standard InChI is InChI=1S/C26H31FN2O4/c1-17(2)25(18-3-6-21(27)7-4-18)28-24(30)16-29-11-9-19(10-12-29)26(31)20-5-8-22-23(15-20)33-14-13-32-22/h3-8,15,17,19,25H,9-14,16H2,1-2H3,(H,28,30)/t25-/m1/s1. The molecule has 2 aliphatic heterocycles. The van der Waals surface area contributed by atoms with Gasteiger partial charge in [-0.15, -0.1) is 0 Å². The normalized spacial score (nSPS) is 17.6. The number of ketones is 1. The minimum Gasteiger partial charge on any atom is -0.486 e. The summed E-state index contributed by atoms with van der Waals surface area (Å²) in [6.45, 7) is 6.74. The number of halogens is 1. The second-order valence-electron chi connectivity index (χ2n) is 9.11. The number of likely N-dealkylation sites (tertiary alicyclic amines) is 1. The van der Waals surface area contributed by atoms with E-state index in [2.05, 4.69) is 10.2 Å². The van der Waals surface area contributed by atoms with Gasteiger partial charge in [-0.1, -0.05) is 26.0 Å². The Morgan fingerprint density at radius 1 is 1.03 bits per heavy atom. The van der Waals surface area contributed by atoms with Gasteiger partial charge in [-0.25, -0.2) is 4.39 Å². The van der Waals surface area contributed by atoms with Gasteiger partial charge in [-0.3, -0.25) is 14.5 Å². The molecule has 1 fully saturated rings. The zero-order valence-electron chi connectivity index (χ0n) is 19.2. The number of ether oxygens (including phenoxy) is 2. The molecule has 6 nitrogen and oxygen atoms in total. The zero-order valence-corrected chi connectivity index (χ0v) is 19.2. The lowest BCUT2D eigenvalue weighted by Crippen LogP contribution is -2.44. The van der Waals surface area contributed by atoms with E-state index < -0.39 is 0 Å². The van der Waals surface area contributed by atoms with Gasteiger partial charge in [0.2, 0.25) is 5.91 Å². The van der Waals surface area contributed by atoms with Crippen molar-refractivity contribution in [1.82, 2.24) is 10.2 Å². The van der Waals surface area contributed by atoms with E-state index in [-0.39, 0.29) is 41.9 Å². The maximum atomic E-state index is 13.3. The Hall–Kier alpha value is -2.93. The highest BCUT2D eigenvalue weighted by atomic mass is 19.1.